The Morgan fingerprint density at radius 2 is 2.36 bits per heavy atom. The number of aromatic hydroxyl groups is 1. The van der Waals surface area contributed by atoms with Crippen molar-refractivity contribution in [2.75, 3.05) is 19.8 Å². The molecule has 1 aromatic rings. The molecule has 0 aliphatic carbocycles. The second kappa shape index (κ2) is 4.46. The van der Waals surface area contributed by atoms with Crippen molar-refractivity contribution < 1.29 is 9.84 Å². The minimum atomic E-state index is 0.124. The highest BCUT2D eigenvalue weighted by Gasteiger charge is 2.18. The van der Waals surface area contributed by atoms with E-state index in [0.29, 0.717) is 12.4 Å². The summed E-state index contributed by atoms with van der Waals surface area (Å²) in [6.07, 6.45) is 0. The van der Waals surface area contributed by atoms with Crippen LogP contribution < -0.4 is 5.32 Å². The topological polar surface area (TPSA) is 41.5 Å². The van der Waals surface area contributed by atoms with Crippen LogP contribution in [0.15, 0.2) is 18.2 Å². The van der Waals surface area contributed by atoms with E-state index in [1.807, 2.05) is 12.1 Å². The van der Waals surface area contributed by atoms with Crippen LogP contribution in [0.3, 0.4) is 0 Å². The summed E-state index contributed by atoms with van der Waals surface area (Å²) in [4.78, 5) is 0. The van der Waals surface area contributed by atoms with Crippen LogP contribution in [-0.4, -0.2) is 24.9 Å². The smallest absolute Gasteiger partial charge is 0.120 e. The molecule has 1 fully saturated rings. The van der Waals surface area contributed by atoms with Gasteiger partial charge in [-0.2, -0.15) is 0 Å². The summed E-state index contributed by atoms with van der Waals surface area (Å²) in [6, 6.07) is 5.73. The highest BCUT2D eigenvalue weighted by atomic mass is 127. The van der Waals surface area contributed by atoms with Gasteiger partial charge in [-0.3, -0.25) is 0 Å². The first-order valence-corrected chi connectivity index (χ1v) is 5.65. The molecule has 1 aromatic carbocycles. The van der Waals surface area contributed by atoms with Crippen LogP contribution in [0.2, 0.25) is 0 Å². The second-order valence-electron chi connectivity index (χ2n) is 3.28. The van der Waals surface area contributed by atoms with Crippen LogP contribution in [0.5, 0.6) is 5.75 Å². The lowest BCUT2D eigenvalue weighted by Crippen LogP contribution is -2.34. The Balaban J connectivity index is 2.24. The maximum absolute atomic E-state index is 9.69. The molecule has 2 rings (SSSR count). The van der Waals surface area contributed by atoms with Crippen molar-refractivity contribution >= 4 is 22.6 Å². The van der Waals surface area contributed by atoms with Gasteiger partial charge in [-0.15, -0.1) is 0 Å². The van der Waals surface area contributed by atoms with Crippen molar-refractivity contribution in [1.82, 2.24) is 5.32 Å². The zero-order valence-electron chi connectivity index (χ0n) is 7.66. The Morgan fingerprint density at radius 3 is 3.07 bits per heavy atom. The normalized spacial score (nSPS) is 22.2. The average molecular weight is 305 g/mol. The standard InChI is InChI=1S/C10H12INO2/c11-7-1-2-10(13)8(5-7)9-6-14-4-3-12-9/h1-2,5,9,12-13H,3-4,6H2. The molecule has 1 aliphatic rings. The summed E-state index contributed by atoms with van der Waals surface area (Å²) in [5.74, 6) is 0.341. The average Bonchev–Trinajstić information content (AvgIpc) is 2.23. The number of halogens is 1. The third-order valence-corrected chi connectivity index (χ3v) is 2.96. The summed E-state index contributed by atoms with van der Waals surface area (Å²) in [5.41, 5.74) is 0.927. The highest BCUT2D eigenvalue weighted by Crippen LogP contribution is 2.27. The number of morpholine rings is 1. The van der Waals surface area contributed by atoms with E-state index in [2.05, 4.69) is 27.9 Å². The molecule has 0 saturated carbocycles. The molecule has 1 aliphatic heterocycles. The van der Waals surface area contributed by atoms with Gasteiger partial charge in [0.1, 0.15) is 5.75 Å². The van der Waals surface area contributed by atoms with E-state index in [0.717, 1.165) is 22.3 Å². The number of hydrogen-bond acceptors (Lipinski definition) is 3. The zero-order valence-corrected chi connectivity index (χ0v) is 9.82. The Bertz CT molecular complexity index is 324. The van der Waals surface area contributed by atoms with E-state index in [-0.39, 0.29) is 6.04 Å². The Hall–Kier alpha value is -0.330. The molecule has 2 N–H and O–H groups in total. The summed E-state index contributed by atoms with van der Waals surface area (Å²) in [7, 11) is 0. The van der Waals surface area contributed by atoms with Crippen LogP contribution >= 0.6 is 22.6 Å². The highest BCUT2D eigenvalue weighted by molar-refractivity contribution is 14.1. The monoisotopic (exact) mass is 305 g/mol. The molecular formula is C10H12INO2. The number of ether oxygens (including phenoxy) is 1. The largest absolute Gasteiger partial charge is 0.508 e. The van der Waals surface area contributed by atoms with E-state index >= 15 is 0 Å². The van der Waals surface area contributed by atoms with Gasteiger partial charge in [0.25, 0.3) is 0 Å². The van der Waals surface area contributed by atoms with Gasteiger partial charge in [0.05, 0.1) is 19.3 Å². The van der Waals surface area contributed by atoms with Crippen LogP contribution in [-0.2, 0) is 4.74 Å². The number of hydrogen-bond donors (Lipinski definition) is 2. The van der Waals surface area contributed by atoms with Gasteiger partial charge < -0.3 is 15.2 Å². The van der Waals surface area contributed by atoms with E-state index in [9.17, 15) is 5.11 Å². The summed E-state index contributed by atoms with van der Waals surface area (Å²) < 4.78 is 6.48. The molecule has 1 saturated heterocycles. The maximum atomic E-state index is 9.69. The van der Waals surface area contributed by atoms with Crippen LogP contribution in [0.1, 0.15) is 11.6 Å². The van der Waals surface area contributed by atoms with Gasteiger partial charge in [-0.05, 0) is 40.8 Å². The first-order valence-electron chi connectivity index (χ1n) is 4.57. The van der Waals surface area contributed by atoms with Crippen molar-refractivity contribution in [3.8, 4) is 5.75 Å². The molecule has 0 bridgehead atoms. The van der Waals surface area contributed by atoms with Gasteiger partial charge in [-0.25, -0.2) is 0 Å². The minimum absolute atomic E-state index is 0.124. The lowest BCUT2D eigenvalue weighted by atomic mass is 10.1. The Labute approximate surface area is 96.6 Å². The fraction of sp³-hybridized carbons (Fsp3) is 0.400. The molecule has 1 atom stereocenters. The molecule has 1 unspecified atom stereocenters. The third kappa shape index (κ3) is 2.18. The molecule has 76 valence electrons. The maximum Gasteiger partial charge on any atom is 0.120 e. The lowest BCUT2D eigenvalue weighted by Gasteiger charge is -2.24. The Morgan fingerprint density at radius 1 is 1.50 bits per heavy atom. The summed E-state index contributed by atoms with van der Waals surface area (Å²) >= 11 is 2.24. The lowest BCUT2D eigenvalue weighted by molar-refractivity contribution is 0.0761. The molecule has 4 heteroatoms. The van der Waals surface area contributed by atoms with Crippen molar-refractivity contribution in [2.24, 2.45) is 0 Å². The van der Waals surface area contributed by atoms with E-state index in [1.54, 1.807) is 6.07 Å². The Kier molecular flexibility index (Phi) is 3.25. The SMILES string of the molecule is Oc1ccc(I)cc1C1COCCN1. The fourth-order valence-corrected chi connectivity index (χ4v) is 2.08. The van der Waals surface area contributed by atoms with Crippen LogP contribution in [0.25, 0.3) is 0 Å². The summed E-state index contributed by atoms with van der Waals surface area (Å²) in [5, 5.41) is 13.0. The molecule has 0 amide bonds. The van der Waals surface area contributed by atoms with E-state index in [1.165, 1.54) is 0 Å². The number of benzene rings is 1. The minimum Gasteiger partial charge on any atom is -0.508 e. The number of phenolic OH excluding ortho intramolecular Hbond substituents is 1. The van der Waals surface area contributed by atoms with Crippen LogP contribution in [0.4, 0.5) is 0 Å². The number of rotatable bonds is 1. The van der Waals surface area contributed by atoms with Crippen molar-refractivity contribution in [3.05, 3.63) is 27.3 Å². The van der Waals surface area contributed by atoms with Crippen molar-refractivity contribution in [2.45, 2.75) is 6.04 Å². The van der Waals surface area contributed by atoms with Gasteiger partial charge in [-0.1, -0.05) is 0 Å². The van der Waals surface area contributed by atoms with Crippen molar-refractivity contribution in [3.63, 3.8) is 0 Å². The number of nitrogens with one attached hydrogen (secondary N) is 1. The van der Waals surface area contributed by atoms with Gasteiger partial charge in [0.15, 0.2) is 0 Å². The van der Waals surface area contributed by atoms with Gasteiger partial charge in [0, 0.05) is 15.7 Å². The van der Waals surface area contributed by atoms with E-state index < -0.39 is 0 Å². The summed E-state index contributed by atoms with van der Waals surface area (Å²) in [6.45, 7) is 2.23. The van der Waals surface area contributed by atoms with E-state index in [4.69, 9.17) is 4.74 Å². The molecule has 1 heterocycles. The molecule has 3 nitrogen and oxygen atoms in total. The molecular weight excluding hydrogens is 293 g/mol. The first kappa shape index (κ1) is 10.2. The van der Waals surface area contributed by atoms with Gasteiger partial charge >= 0.3 is 0 Å². The first-order chi connectivity index (χ1) is 6.77. The molecule has 0 radical (unpaired) electrons. The predicted octanol–water partition coefficient (Wildman–Crippen LogP) is 1.66. The second-order valence-corrected chi connectivity index (χ2v) is 4.53. The number of phenols is 1. The zero-order chi connectivity index (χ0) is 9.97. The predicted molar refractivity (Wildman–Crippen MR) is 62.4 cm³/mol. The van der Waals surface area contributed by atoms with Gasteiger partial charge in [0.2, 0.25) is 0 Å². The fourth-order valence-electron chi connectivity index (χ4n) is 1.57. The quantitative estimate of drug-likeness (QED) is 0.775. The molecule has 0 aromatic heterocycles. The van der Waals surface area contributed by atoms with Crippen LogP contribution in [0, 0.1) is 3.57 Å². The third-order valence-electron chi connectivity index (χ3n) is 2.29. The van der Waals surface area contributed by atoms with Crippen molar-refractivity contribution in [1.29, 1.82) is 0 Å². The molecule has 0 spiro atoms. The molecule has 14 heavy (non-hydrogen) atoms.